The Labute approximate surface area is 138 Å². The number of amides is 1. The first-order valence-electron chi connectivity index (χ1n) is 7.53. The van der Waals surface area contributed by atoms with Crippen LogP contribution < -0.4 is 11.1 Å². The third-order valence-electron chi connectivity index (χ3n) is 4.16. The molecular weight excluding hydrogens is 302 g/mol. The van der Waals surface area contributed by atoms with E-state index in [4.69, 9.17) is 10.5 Å². The van der Waals surface area contributed by atoms with Gasteiger partial charge in [0.1, 0.15) is 0 Å². The summed E-state index contributed by atoms with van der Waals surface area (Å²) in [6.07, 6.45) is 0. The van der Waals surface area contributed by atoms with E-state index in [0.29, 0.717) is 18.2 Å². The maximum Gasteiger partial charge on any atom is 0.251 e. The normalized spacial score (nSPS) is 18.1. The highest BCUT2D eigenvalue weighted by Crippen LogP contribution is 2.09. The first-order chi connectivity index (χ1) is 10.1. The van der Waals surface area contributed by atoms with Crippen molar-refractivity contribution in [3.05, 3.63) is 35.4 Å². The maximum absolute atomic E-state index is 12.3. The second-order valence-electron chi connectivity index (χ2n) is 5.55. The van der Waals surface area contributed by atoms with Crippen LogP contribution in [0, 0.1) is 0 Å². The molecule has 2 unspecified atom stereocenters. The van der Waals surface area contributed by atoms with Crippen molar-refractivity contribution in [2.24, 2.45) is 5.73 Å². The molecule has 124 valence electrons. The van der Waals surface area contributed by atoms with E-state index in [1.807, 2.05) is 31.2 Å². The predicted molar refractivity (Wildman–Crippen MR) is 90.4 cm³/mol. The Balaban J connectivity index is 0.00000242. The number of nitrogens with one attached hydrogen (secondary N) is 1. The standard InChI is InChI=1S/C16H25N3O2.ClH/c1-12(13(2)19-7-9-21-10-8-19)18-16(20)15-5-3-14(11-17)4-6-15;/h3-6,12-13H,7-11,17H2,1-2H3,(H,18,20);1H. The molecular formula is C16H26ClN3O2. The molecule has 1 amide bonds. The van der Waals surface area contributed by atoms with Gasteiger partial charge in [-0.3, -0.25) is 9.69 Å². The number of morpholine rings is 1. The molecule has 0 saturated carbocycles. The van der Waals surface area contributed by atoms with E-state index in [9.17, 15) is 4.79 Å². The van der Waals surface area contributed by atoms with Crippen LogP contribution in [0.4, 0.5) is 0 Å². The lowest BCUT2D eigenvalue weighted by molar-refractivity contribution is 0.0137. The number of carbonyl (C=O) groups excluding carboxylic acids is 1. The highest BCUT2D eigenvalue weighted by molar-refractivity contribution is 5.94. The van der Waals surface area contributed by atoms with Gasteiger partial charge in [-0.05, 0) is 31.5 Å². The largest absolute Gasteiger partial charge is 0.379 e. The summed E-state index contributed by atoms with van der Waals surface area (Å²) in [6, 6.07) is 7.81. The van der Waals surface area contributed by atoms with Gasteiger partial charge in [-0.2, -0.15) is 0 Å². The third kappa shape index (κ3) is 4.95. The van der Waals surface area contributed by atoms with Gasteiger partial charge in [0.25, 0.3) is 5.91 Å². The topological polar surface area (TPSA) is 67.6 Å². The summed E-state index contributed by atoms with van der Waals surface area (Å²) in [5, 5.41) is 3.08. The van der Waals surface area contributed by atoms with E-state index < -0.39 is 0 Å². The van der Waals surface area contributed by atoms with Crippen LogP contribution in [0.25, 0.3) is 0 Å². The van der Waals surface area contributed by atoms with Gasteiger partial charge in [-0.1, -0.05) is 12.1 Å². The second kappa shape index (κ2) is 9.10. The molecule has 22 heavy (non-hydrogen) atoms. The second-order valence-corrected chi connectivity index (χ2v) is 5.55. The van der Waals surface area contributed by atoms with Crippen LogP contribution in [0.3, 0.4) is 0 Å². The Morgan fingerprint density at radius 3 is 2.41 bits per heavy atom. The number of nitrogens with zero attached hydrogens (tertiary/aromatic N) is 1. The summed E-state index contributed by atoms with van der Waals surface area (Å²) >= 11 is 0. The number of carbonyl (C=O) groups is 1. The van der Waals surface area contributed by atoms with Gasteiger partial charge in [0, 0.05) is 37.3 Å². The van der Waals surface area contributed by atoms with Gasteiger partial charge in [0.2, 0.25) is 0 Å². The molecule has 0 spiro atoms. The lowest BCUT2D eigenvalue weighted by Crippen LogP contribution is -2.52. The number of halogens is 1. The molecule has 0 radical (unpaired) electrons. The van der Waals surface area contributed by atoms with Crippen LogP contribution in [-0.4, -0.2) is 49.2 Å². The highest BCUT2D eigenvalue weighted by Gasteiger charge is 2.23. The number of hydrogen-bond acceptors (Lipinski definition) is 4. The number of rotatable bonds is 5. The molecule has 1 fully saturated rings. The van der Waals surface area contributed by atoms with Crippen molar-refractivity contribution < 1.29 is 9.53 Å². The monoisotopic (exact) mass is 327 g/mol. The van der Waals surface area contributed by atoms with Crippen LogP contribution in [0.1, 0.15) is 29.8 Å². The van der Waals surface area contributed by atoms with Crippen molar-refractivity contribution >= 4 is 18.3 Å². The van der Waals surface area contributed by atoms with E-state index >= 15 is 0 Å². The summed E-state index contributed by atoms with van der Waals surface area (Å²) in [7, 11) is 0. The van der Waals surface area contributed by atoms with Crippen molar-refractivity contribution in [3.63, 3.8) is 0 Å². The Morgan fingerprint density at radius 1 is 1.27 bits per heavy atom. The fourth-order valence-corrected chi connectivity index (χ4v) is 2.50. The van der Waals surface area contributed by atoms with Crippen molar-refractivity contribution in [2.45, 2.75) is 32.5 Å². The first kappa shape index (κ1) is 18.9. The fourth-order valence-electron chi connectivity index (χ4n) is 2.50. The molecule has 1 aliphatic heterocycles. The molecule has 1 heterocycles. The summed E-state index contributed by atoms with van der Waals surface area (Å²) in [5.41, 5.74) is 7.27. The van der Waals surface area contributed by atoms with Crippen LogP contribution >= 0.6 is 12.4 Å². The van der Waals surface area contributed by atoms with Crippen molar-refractivity contribution in [2.75, 3.05) is 26.3 Å². The van der Waals surface area contributed by atoms with Crippen LogP contribution in [0.5, 0.6) is 0 Å². The van der Waals surface area contributed by atoms with Crippen molar-refractivity contribution in [1.29, 1.82) is 0 Å². The Hall–Kier alpha value is -1.14. The third-order valence-corrected chi connectivity index (χ3v) is 4.16. The molecule has 2 rings (SSSR count). The van der Waals surface area contributed by atoms with E-state index in [0.717, 1.165) is 31.9 Å². The average Bonchev–Trinajstić information content (AvgIpc) is 2.55. The van der Waals surface area contributed by atoms with E-state index in [1.54, 1.807) is 0 Å². The van der Waals surface area contributed by atoms with E-state index in [1.165, 1.54) is 0 Å². The molecule has 6 heteroatoms. The first-order valence-corrected chi connectivity index (χ1v) is 7.53. The number of nitrogens with two attached hydrogens (primary N) is 1. The molecule has 0 aromatic heterocycles. The van der Waals surface area contributed by atoms with Crippen LogP contribution in [0.2, 0.25) is 0 Å². The molecule has 3 N–H and O–H groups in total. The molecule has 0 bridgehead atoms. The number of ether oxygens (including phenoxy) is 1. The summed E-state index contributed by atoms with van der Waals surface area (Å²) in [4.78, 5) is 14.6. The molecule has 1 aromatic rings. The molecule has 5 nitrogen and oxygen atoms in total. The highest BCUT2D eigenvalue weighted by atomic mass is 35.5. The molecule has 2 atom stereocenters. The lowest BCUT2D eigenvalue weighted by atomic mass is 10.1. The minimum atomic E-state index is -0.0359. The predicted octanol–water partition coefficient (Wildman–Crippen LogP) is 1.41. The van der Waals surface area contributed by atoms with Crippen LogP contribution in [-0.2, 0) is 11.3 Å². The van der Waals surface area contributed by atoms with E-state index in [-0.39, 0.29) is 24.4 Å². The zero-order chi connectivity index (χ0) is 15.2. The summed E-state index contributed by atoms with van der Waals surface area (Å²) in [5.74, 6) is -0.0359. The van der Waals surface area contributed by atoms with Crippen molar-refractivity contribution in [3.8, 4) is 0 Å². The van der Waals surface area contributed by atoms with Gasteiger partial charge in [-0.15, -0.1) is 12.4 Å². The Bertz CT molecular complexity index is 461. The smallest absolute Gasteiger partial charge is 0.251 e. The van der Waals surface area contributed by atoms with Crippen molar-refractivity contribution in [1.82, 2.24) is 10.2 Å². The average molecular weight is 328 g/mol. The van der Waals surface area contributed by atoms with Gasteiger partial charge >= 0.3 is 0 Å². The summed E-state index contributed by atoms with van der Waals surface area (Å²) in [6.45, 7) is 8.07. The van der Waals surface area contributed by atoms with Gasteiger partial charge in [0.15, 0.2) is 0 Å². The molecule has 0 aliphatic carbocycles. The van der Waals surface area contributed by atoms with Gasteiger partial charge in [0.05, 0.1) is 13.2 Å². The maximum atomic E-state index is 12.3. The zero-order valence-corrected chi connectivity index (χ0v) is 14.1. The minimum Gasteiger partial charge on any atom is -0.379 e. The van der Waals surface area contributed by atoms with Gasteiger partial charge < -0.3 is 15.8 Å². The number of hydrogen-bond donors (Lipinski definition) is 2. The number of benzene rings is 1. The molecule has 1 aromatic carbocycles. The molecule has 1 saturated heterocycles. The Morgan fingerprint density at radius 2 is 1.86 bits per heavy atom. The van der Waals surface area contributed by atoms with E-state index in [2.05, 4.69) is 17.1 Å². The Kier molecular flexibility index (Phi) is 7.82. The van der Waals surface area contributed by atoms with Crippen LogP contribution in [0.15, 0.2) is 24.3 Å². The SMILES string of the molecule is CC(NC(=O)c1ccc(CN)cc1)C(C)N1CCOCC1.Cl. The van der Waals surface area contributed by atoms with Gasteiger partial charge in [-0.25, -0.2) is 0 Å². The quantitative estimate of drug-likeness (QED) is 0.858. The lowest BCUT2D eigenvalue weighted by Gasteiger charge is -2.35. The molecule has 1 aliphatic rings. The fraction of sp³-hybridized carbons (Fsp3) is 0.562. The summed E-state index contributed by atoms with van der Waals surface area (Å²) < 4.78 is 5.36. The zero-order valence-electron chi connectivity index (χ0n) is 13.2. The minimum absolute atomic E-state index is 0.